The molecule has 2 saturated heterocycles. The third-order valence-electron chi connectivity index (χ3n) is 3.69. The van der Waals surface area contributed by atoms with Crippen molar-refractivity contribution in [3.05, 3.63) is 0 Å². The first kappa shape index (κ1) is 11.7. The second-order valence-electron chi connectivity index (χ2n) is 5.13. The zero-order valence-corrected chi connectivity index (χ0v) is 10.5. The molecular weight excluding hydrogens is 208 g/mol. The number of nitrogens with one attached hydrogen (secondary N) is 1. The second kappa shape index (κ2) is 4.62. The second-order valence-corrected chi connectivity index (χ2v) is 6.23. The van der Waals surface area contributed by atoms with Crippen LogP contribution >= 0.6 is 11.8 Å². The summed E-state index contributed by atoms with van der Waals surface area (Å²) >= 11 is 1.86. The van der Waals surface area contributed by atoms with Gasteiger partial charge in [-0.3, -0.25) is 0 Å². The molecule has 2 fully saturated rings. The van der Waals surface area contributed by atoms with E-state index in [1.165, 1.54) is 6.42 Å². The average molecular weight is 230 g/mol. The summed E-state index contributed by atoms with van der Waals surface area (Å²) in [6.07, 6.45) is 2.16. The van der Waals surface area contributed by atoms with E-state index in [4.69, 9.17) is 0 Å². The van der Waals surface area contributed by atoms with E-state index in [1.54, 1.807) is 0 Å². The number of likely N-dealkylation sites (N-methyl/N-ethyl adjacent to an activating group) is 1. The Hall–Kier alpha value is 0.230. The number of likely N-dealkylation sites (tertiary alicyclic amines) is 1. The Labute approximate surface area is 96.6 Å². The Morgan fingerprint density at radius 3 is 2.93 bits per heavy atom. The predicted molar refractivity (Wildman–Crippen MR) is 65.4 cm³/mol. The molecule has 4 heteroatoms. The molecule has 2 N–H and O–H groups in total. The lowest BCUT2D eigenvalue weighted by Gasteiger charge is -2.24. The topological polar surface area (TPSA) is 35.5 Å². The number of hydrogen-bond acceptors (Lipinski definition) is 4. The minimum absolute atomic E-state index is 0.435. The first-order valence-electron chi connectivity index (χ1n) is 5.83. The Morgan fingerprint density at radius 1 is 1.60 bits per heavy atom. The van der Waals surface area contributed by atoms with Crippen LogP contribution < -0.4 is 5.32 Å². The van der Waals surface area contributed by atoms with Crippen molar-refractivity contribution in [3.63, 3.8) is 0 Å². The van der Waals surface area contributed by atoms with Crippen molar-refractivity contribution in [2.24, 2.45) is 0 Å². The fourth-order valence-electron chi connectivity index (χ4n) is 2.41. The van der Waals surface area contributed by atoms with Gasteiger partial charge in [0, 0.05) is 30.9 Å². The highest BCUT2D eigenvalue weighted by Crippen LogP contribution is 2.27. The van der Waals surface area contributed by atoms with E-state index in [9.17, 15) is 5.11 Å². The fourth-order valence-corrected chi connectivity index (χ4v) is 3.71. The van der Waals surface area contributed by atoms with Gasteiger partial charge in [0.05, 0.1) is 5.60 Å². The highest BCUT2D eigenvalue weighted by atomic mass is 32.2. The number of aliphatic hydroxyl groups is 1. The molecule has 15 heavy (non-hydrogen) atoms. The highest BCUT2D eigenvalue weighted by molar-refractivity contribution is 7.99. The Kier molecular flexibility index (Phi) is 3.60. The number of nitrogens with zero attached hydrogens (tertiary/aromatic N) is 1. The third-order valence-corrected chi connectivity index (χ3v) is 4.92. The lowest BCUT2D eigenvalue weighted by Crippen LogP contribution is -2.45. The first-order chi connectivity index (χ1) is 7.09. The van der Waals surface area contributed by atoms with E-state index in [-0.39, 0.29) is 0 Å². The molecule has 0 amide bonds. The van der Waals surface area contributed by atoms with E-state index in [1.807, 2.05) is 11.8 Å². The van der Waals surface area contributed by atoms with Crippen LogP contribution in [0.5, 0.6) is 0 Å². The average Bonchev–Trinajstić information content (AvgIpc) is 2.73. The molecule has 0 aromatic carbocycles. The molecule has 0 radical (unpaired) electrons. The molecule has 2 rings (SSSR count). The molecule has 0 aromatic heterocycles. The van der Waals surface area contributed by atoms with Gasteiger partial charge in [-0.1, -0.05) is 0 Å². The van der Waals surface area contributed by atoms with Gasteiger partial charge in [-0.25, -0.2) is 0 Å². The van der Waals surface area contributed by atoms with Crippen molar-refractivity contribution in [1.82, 2.24) is 10.2 Å². The van der Waals surface area contributed by atoms with E-state index in [0.29, 0.717) is 12.1 Å². The zero-order valence-electron chi connectivity index (χ0n) is 9.70. The van der Waals surface area contributed by atoms with Gasteiger partial charge in [0.1, 0.15) is 0 Å². The van der Waals surface area contributed by atoms with Crippen molar-refractivity contribution < 1.29 is 5.11 Å². The van der Waals surface area contributed by atoms with Gasteiger partial charge in [0.15, 0.2) is 0 Å². The molecule has 3 unspecified atom stereocenters. The van der Waals surface area contributed by atoms with Crippen LogP contribution in [0.1, 0.15) is 19.8 Å². The van der Waals surface area contributed by atoms with E-state index < -0.39 is 5.60 Å². The molecule has 2 aliphatic rings. The molecular formula is C11H22N2OS. The van der Waals surface area contributed by atoms with Crippen LogP contribution in [0, 0.1) is 0 Å². The Balaban J connectivity index is 1.74. The molecule has 2 heterocycles. The molecule has 0 bridgehead atoms. The summed E-state index contributed by atoms with van der Waals surface area (Å²) in [7, 11) is 2.17. The summed E-state index contributed by atoms with van der Waals surface area (Å²) < 4.78 is 0. The van der Waals surface area contributed by atoms with E-state index in [0.717, 1.165) is 31.0 Å². The summed E-state index contributed by atoms with van der Waals surface area (Å²) in [6, 6.07) is 1.25. The molecule has 88 valence electrons. The van der Waals surface area contributed by atoms with Crippen molar-refractivity contribution in [3.8, 4) is 0 Å². The quantitative estimate of drug-likeness (QED) is 0.742. The summed E-state index contributed by atoms with van der Waals surface area (Å²) in [5.41, 5.74) is -0.435. The first-order valence-corrected chi connectivity index (χ1v) is 6.98. The predicted octanol–water partition coefficient (Wildman–Crippen LogP) is 0.537. The fraction of sp³-hybridized carbons (Fsp3) is 1.00. The van der Waals surface area contributed by atoms with Gasteiger partial charge >= 0.3 is 0 Å². The van der Waals surface area contributed by atoms with Gasteiger partial charge in [-0.2, -0.15) is 11.8 Å². The maximum absolute atomic E-state index is 10.2. The van der Waals surface area contributed by atoms with Crippen LogP contribution in [0.25, 0.3) is 0 Å². The molecule has 0 aromatic rings. The van der Waals surface area contributed by atoms with Crippen molar-refractivity contribution in [2.75, 3.05) is 31.6 Å². The molecule has 0 saturated carbocycles. The summed E-state index contributed by atoms with van der Waals surface area (Å²) in [5, 5.41) is 13.7. The van der Waals surface area contributed by atoms with Gasteiger partial charge in [-0.05, 0) is 32.6 Å². The third kappa shape index (κ3) is 2.87. The summed E-state index contributed by atoms with van der Waals surface area (Å²) in [6.45, 7) is 4.15. The number of thioether (sulfide) groups is 1. The maximum atomic E-state index is 10.2. The van der Waals surface area contributed by atoms with Gasteiger partial charge < -0.3 is 15.3 Å². The van der Waals surface area contributed by atoms with Crippen LogP contribution in [0.3, 0.4) is 0 Å². The van der Waals surface area contributed by atoms with Gasteiger partial charge in [-0.15, -0.1) is 0 Å². The smallest absolute Gasteiger partial charge is 0.0869 e. The molecule has 3 atom stereocenters. The molecule has 0 spiro atoms. The van der Waals surface area contributed by atoms with Crippen LogP contribution in [0.2, 0.25) is 0 Å². The van der Waals surface area contributed by atoms with Gasteiger partial charge in [0.25, 0.3) is 0 Å². The summed E-state index contributed by atoms with van der Waals surface area (Å²) in [4.78, 5) is 2.38. The molecule has 0 aliphatic carbocycles. The standard InChI is InChI=1S/C11H22N2OS/c1-9-5-10(6-13(9)2)12-7-11(14)3-4-15-8-11/h9-10,12,14H,3-8H2,1-2H3. The van der Waals surface area contributed by atoms with Crippen molar-refractivity contribution in [1.29, 1.82) is 0 Å². The Bertz CT molecular complexity index is 209. The number of rotatable bonds is 3. The van der Waals surface area contributed by atoms with Crippen LogP contribution in [-0.4, -0.2) is 59.3 Å². The normalized spacial score (nSPS) is 42.6. The Morgan fingerprint density at radius 2 is 2.40 bits per heavy atom. The lowest BCUT2D eigenvalue weighted by atomic mass is 10.0. The van der Waals surface area contributed by atoms with Crippen LogP contribution in [0.4, 0.5) is 0 Å². The minimum Gasteiger partial charge on any atom is -0.388 e. The van der Waals surface area contributed by atoms with Crippen LogP contribution in [0.15, 0.2) is 0 Å². The highest BCUT2D eigenvalue weighted by Gasteiger charge is 2.33. The number of hydrogen-bond donors (Lipinski definition) is 2. The van der Waals surface area contributed by atoms with Crippen molar-refractivity contribution in [2.45, 2.75) is 37.5 Å². The molecule has 3 nitrogen and oxygen atoms in total. The maximum Gasteiger partial charge on any atom is 0.0869 e. The van der Waals surface area contributed by atoms with E-state index >= 15 is 0 Å². The zero-order chi connectivity index (χ0) is 10.9. The monoisotopic (exact) mass is 230 g/mol. The SMILES string of the molecule is CC1CC(NCC2(O)CCSC2)CN1C. The minimum atomic E-state index is -0.435. The lowest BCUT2D eigenvalue weighted by molar-refractivity contribution is 0.0649. The van der Waals surface area contributed by atoms with Crippen LogP contribution in [-0.2, 0) is 0 Å². The molecule has 2 aliphatic heterocycles. The summed E-state index contributed by atoms with van der Waals surface area (Å²) in [5.74, 6) is 2.01. The van der Waals surface area contributed by atoms with E-state index in [2.05, 4.69) is 24.2 Å². The van der Waals surface area contributed by atoms with Crippen molar-refractivity contribution >= 4 is 11.8 Å². The largest absolute Gasteiger partial charge is 0.388 e. The van der Waals surface area contributed by atoms with Gasteiger partial charge in [0.2, 0.25) is 0 Å².